The molecular weight excluding hydrogens is 106 g/mol. The SMILES string of the molecule is NC1=NCCC(O)N1. The quantitative estimate of drug-likeness (QED) is 0.364. The third-order valence-electron chi connectivity index (χ3n) is 0.999. The fourth-order valence-corrected chi connectivity index (χ4v) is 0.596. The number of aliphatic hydroxyl groups excluding tert-OH is 1. The van der Waals surface area contributed by atoms with Crippen molar-refractivity contribution in [2.24, 2.45) is 10.7 Å². The Hall–Kier alpha value is -0.770. The summed E-state index contributed by atoms with van der Waals surface area (Å²) in [5.41, 5.74) is 5.20. The smallest absolute Gasteiger partial charge is 0.190 e. The van der Waals surface area contributed by atoms with Crippen LogP contribution in [0, 0.1) is 0 Å². The van der Waals surface area contributed by atoms with Crippen LogP contribution in [0.5, 0.6) is 0 Å². The van der Waals surface area contributed by atoms with Crippen molar-refractivity contribution in [3.8, 4) is 0 Å². The first-order chi connectivity index (χ1) is 3.79. The van der Waals surface area contributed by atoms with Crippen molar-refractivity contribution in [3.63, 3.8) is 0 Å². The molecule has 0 fully saturated rings. The van der Waals surface area contributed by atoms with Gasteiger partial charge in [-0.05, 0) is 0 Å². The van der Waals surface area contributed by atoms with Crippen LogP contribution >= 0.6 is 0 Å². The van der Waals surface area contributed by atoms with Gasteiger partial charge in [-0.1, -0.05) is 0 Å². The zero-order valence-corrected chi connectivity index (χ0v) is 4.46. The van der Waals surface area contributed by atoms with E-state index in [4.69, 9.17) is 10.8 Å². The molecule has 0 aliphatic carbocycles. The molecule has 0 aromatic rings. The van der Waals surface area contributed by atoms with E-state index in [1.807, 2.05) is 0 Å². The summed E-state index contributed by atoms with van der Waals surface area (Å²) in [4.78, 5) is 3.80. The van der Waals surface area contributed by atoms with Gasteiger partial charge in [-0.2, -0.15) is 0 Å². The molecule has 1 rings (SSSR count). The standard InChI is InChI=1S/C4H9N3O/c5-4-6-2-1-3(8)7-4/h3,8H,1-2H2,(H3,5,6,7). The van der Waals surface area contributed by atoms with Gasteiger partial charge >= 0.3 is 0 Å². The van der Waals surface area contributed by atoms with Gasteiger partial charge in [0.25, 0.3) is 0 Å². The second-order valence-corrected chi connectivity index (χ2v) is 1.72. The van der Waals surface area contributed by atoms with Crippen molar-refractivity contribution in [1.82, 2.24) is 5.32 Å². The highest BCUT2D eigenvalue weighted by atomic mass is 16.3. The molecule has 0 amide bonds. The molecule has 1 heterocycles. The summed E-state index contributed by atoms with van der Waals surface area (Å²) in [5.74, 6) is 0.337. The van der Waals surface area contributed by atoms with Gasteiger partial charge in [0, 0.05) is 13.0 Å². The fourth-order valence-electron chi connectivity index (χ4n) is 0.596. The van der Waals surface area contributed by atoms with Crippen molar-refractivity contribution in [1.29, 1.82) is 0 Å². The highest BCUT2D eigenvalue weighted by molar-refractivity contribution is 5.78. The van der Waals surface area contributed by atoms with Gasteiger partial charge in [0.1, 0.15) is 6.23 Å². The number of nitrogens with two attached hydrogens (primary N) is 1. The van der Waals surface area contributed by atoms with Crippen LogP contribution in [0.4, 0.5) is 0 Å². The minimum atomic E-state index is -0.493. The summed E-state index contributed by atoms with van der Waals surface area (Å²) < 4.78 is 0. The predicted octanol–water partition coefficient (Wildman–Crippen LogP) is -1.39. The molecule has 0 radical (unpaired) electrons. The van der Waals surface area contributed by atoms with E-state index in [2.05, 4.69) is 10.3 Å². The van der Waals surface area contributed by atoms with E-state index in [-0.39, 0.29) is 0 Å². The lowest BCUT2D eigenvalue weighted by atomic mass is 10.3. The molecule has 4 N–H and O–H groups in total. The molecular formula is C4H9N3O. The van der Waals surface area contributed by atoms with E-state index in [1.54, 1.807) is 0 Å². The number of nitrogens with one attached hydrogen (secondary N) is 1. The third kappa shape index (κ3) is 1.10. The predicted molar refractivity (Wildman–Crippen MR) is 30.2 cm³/mol. The number of guanidine groups is 1. The van der Waals surface area contributed by atoms with Crippen LogP contribution in [-0.4, -0.2) is 23.8 Å². The lowest BCUT2D eigenvalue weighted by Crippen LogP contribution is -2.43. The second-order valence-electron chi connectivity index (χ2n) is 1.72. The van der Waals surface area contributed by atoms with Gasteiger partial charge < -0.3 is 16.2 Å². The zero-order valence-electron chi connectivity index (χ0n) is 4.46. The molecule has 0 aromatic carbocycles. The van der Waals surface area contributed by atoms with Gasteiger partial charge in [-0.15, -0.1) is 0 Å². The lowest BCUT2D eigenvalue weighted by Gasteiger charge is -2.16. The Bertz CT molecular complexity index is 112. The molecule has 4 nitrogen and oxygen atoms in total. The molecule has 0 spiro atoms. The molecule has 0 bridgehead atoms. The second kappa shape index (κ2) is 2.00. The molecule has 1 unspecified atom stereocenters. The van der Waals surface area contributed by atoms with Crippen LogP contribution in [0.15, 0.2) is 4.99 Å². The van der Waals surface area contributed by atoms with E-state index < -0.39 is 6.23 Å². The summed E-state index contributed by atoms with van der Waals surface area (Å²) in [6.45, 7) is 0.625. The Kier molecular flexibility index (Phi) is 1.34. The normalized spacial score (nSPS) is 28.6. The van der Waals surface area contributed by atoms with Crippen LogP contribution in [0.25, 0.3) is 0 Å². The van der Waals surface area contributed by atoms with Crippen molar-refractivity contribution < 1.29 is 5.11 Å². The Morgan fingerprint density at radius 3 is 3.00 bits per heavy atom. The van der Waals surface area contributed by atoms with Gasteiger partial charge in [0.05, 0.1) is 0 Å². The van der Waals surface area contributed by atoms with E-state index in [1.165, 1.54) is 0 Å². The first-order valence-corrected chi connectivity index (χ1v) is 2.53. The molecule has 0 aromatic heterocycles. The molecule has 0 saturated heterocycles. The van der Waals surface area contributed by atoms with E-state index in [0.717, 1.165) is 0 Å². The number of nitrogens with zero attached hydrogens (tertiary/aromatic N) is 1. The third-order valence-corrected chi connectivity index (χ3v) is 0.999. The average molecular weight is 115 g/mol. The van der Waals surface area contributed by atoms with E-state index >= 15 is 0 Å². The fraction of sp³-hybridized carbons (Fsp3) is 0.750. The maximum Gasteiger partial charge on any atom is 0.190 e. The van der Waals surface area contributed by atoms with Crippen molar-refractivity contribution in [2.75, 3.05) is 6.54 Å². The molecule has 8 heavy (non-hydrogen) atoms. The van der Waals surface area contributed by atoms with Crippen LogP contribution in [0.3, 0.4) is 0 Å². The summed E-state index contributed by atoms with van der Waals surface area (Å²) in [7, 11) is 0. The molecule has 1 aliphatic rings. The Morgan fingerprint density at radius 1 is 1.88 bits per heavy atom. The molecule has 1 aliphatic heterocycles. The van der Waals surface area contributed by atoms with Crippen molar-refractivity contribution >= 4 is 5.96 Å². The van der Waals surface area contributed by atoms with Gasteiger partial charge in [-0.25, -0.2) is 0 Å². The molecule has 1 atom stereocenters. The molecule has 0 saturated carbocycles. The first-order valence-electron chi connectivity index (χ1n) is 2.53. The Balaban J connectivity index is 2.45. The summed E-state index contributed by atoms with van der Waals surface area (Å²) in [6, 6.07) is 0. The first kappa shape index (κ1) is 5.37. The minimum absolute atomic E-state index is 0.337. The number of aliphatic hydroxyl groups is 1. The zero-order chi connectivity index (χ0) is 5.98. The minimum Gasteiger partial charge on any atom is -0.374 e. The summed E-state index contributed by atoms with van der Waals surface area (Å²) >= 11 is 0. The molecule has 46 valence electrons. The highest BCUT2D eigenvalue weighted by Gasteiger charge is 2.07. The van der Waals surface area contributed by atoms with Gasteiger partial charge in [0.15, 0.2) is 5.96 Å². The number of rotatable bonds is 0. The maximum absolute atomic E-state index is 8.81. The number of hydrogen-bond acceptors (Lipinski definition) is 4. The van der Waals surface area contributed by atoms with Crippen molar-refractivity contribution in [3.05, 3.63) is 0 Å². The number of aliphatic imine (C=N–C) groups is 1. The molecule has 4 heteroatoms. The maximum atomic E-state index is 8.81. The lowest BCUT2D eigenvalue weighted by molar-refractivity contribution is 0.147. The Labute approximate surface area is 47.4 Å². The topological polar surface area (TPSA) is 70.6 Å². The summed E-state index contributed by atoms with van der Waals surface area (Å²) in [5, 5.41) is 11.4. The summed E-state index contributed by atoms with van der Waals surface area (Å²) in [6.07, 6.45) is 0.160. The largest absolute Gasteiger partial charge is 0.374 e. The van der Waals surface area contributed by atoms with Crippen LogP contribution in [0.1, 0.15) is 6.42 Å². The monoisotopic (exact) mass is 115 g/mol. The average Bonchev–Trinajstić information content (AvgIpc) is 1.64. The van der Waals surface area contributed by atoms with E-state index in [9.17, 15) is 0 Å². The van der Waals surface area contributed by atoms with Crippen LogP contribution in [-0.2, 0) is 0 Å². The van der Waals surface area contributed by atoms with Crippen molar-refractivity contribution in [2.45, 2.75) is 12.6 Å². The van der Waals surface area contributed by atoms with E-state index in [0.29, 0.717) is 18.9 Å². The van der Waals surface area contributed by atoms with Gasteiger partial charge in [0.2, 0.25) is 0 Å². The Morgan fingerprint density at radius 2 is 2.62 bits per heavy atom. The number of hydrogen-bond donors (Lipinski definition) is 3. The van der Waals surface area contributed by atoms with Crippen LogP contribution < -0.4 is 11.1 Å². The van der Waals surface area contributed by atoms with Crippen LogP contribution in [0.2, 0.25) is 0 Å². The highest BCUT2D eigenvalue weighted by Crippen LogP contribution is 1.91. The van der Waals surface area contributed by atoms with Gasteiger partial charge in [-0.3, -0.25) is 4.99 Å².